The summed E-state index contributed by atoms with van der Waals surface area (Å²) in [7, 11) is 0. The fourth-order valence-corrected chi connectivity index (χ4v) is 3.11. The molecular weight excluding hydrogens is 260 g/mol. The van der Waals surface area contributed by atoms with E-state index in [9.17, 15) is 8.78 Å². The maximum absolute atomic E-state index is 12.6. The van der Waals surface area contributed by atoms with E-state index in [0.29, 0.717) is 12.8 Å². The molecule has 2 aliphatic heterocycles. The summed E-state index contributed by atoms with van der Waals surface area (Å²) in [5.41, 5.74) is 2.63. The molecule has 110 valence electrons. The highest BCUT2D eigenvalue weighted by Crippen LogP contribution is 2.27. The SMILES string of the molecule is FC(F)C1CCN(CCc2ccc3c(c2)CCO3)CC1. The van der Waals surface area contributed by atoms with Gasteiger partial charge < -0.3 is 9.64 Å². The van der Waals surface area contributed by atoms with Crippen molar-refractivity contribution in [3.63, 3.8) is 0 Å². The smallest absolute Gasteiger partial charge is 0.241 e. The molecule has 0 saturated carbocycles. The van der Waals surface area contributed by atoms with Gasteiger partial charge in [0.1, 0.15) is 5.75 Å². The quantitative estimate of drug-likeness (QED) is 0.840. The predicted octanol–water partition coefficient (Wildman–Crippen LogP) is 3.14. The average molecular weight is 281 g/mol. The number of likely N-dealkylation sites (tertiary alicyclic amines) is 1. The number of nitrogens with zero attached hydrogens (tertiary/aromatic N) is 1. The second kappa shape index (κ2) is 6.08. The highest BCUT2D eigenvalue weighted by Gasteiger charge is 2.25. The van der Waals surface area contributed by atoms with E-state index in [1.807, 2.05) is 0 Å². The van der Waals surface area contributed by atoms with Gasteiger partial charge in [-0.25, -0.2) is 8.78 Å². The van der Waals surface area contributed by atoms with E-state index in [4.69, 9.17) is 4.74 Å². The Balaban J connectivity index is 1.48. The first-order valence-corrected chi connectivity index (χ1v) is 7.47. The van der Waals surface area contributed by atoms with Crippen molar-refractivity contribution in [1.82, 2.24) is 4.90 Å². The number of fused-ring (bicyclic) bond motifs is 1. The van der Waals surface area contributed by atoms with Crippen molar-refractivity contribution in [2.24, 2.45) is 5.92 Å². The Labute approximate surface area is 118 Å². The number of rotatable bonds is 4. The van der Waals surface area contributed by atoms with Gasteiger partial charge in [-0.2, -0.15) is 0 Å². The average Bonchev–Trinajstić information content (AvgIpc) is 2.93. The molecular formula is C16H21F2NO. The van der Waals surface area contributed by atoms with Crippen molar-refractivity contribution in [2.75, 3.05) is 26.2 Å². The van der Waals surface area contributed by atoms with Crippen molar-refractivity contribution >= 4 is 0 Å². The summed E-state index contributed by atoms with van der Waals surface area (Å²) in [5.74, 6) is 0.634. The Morgan fingerprint density at radius 1 is 1.25 bits per heavy atom. The number of alkyl halides is 2. The molecule has 4 heteroatoms. The summed E-state index contributed by atoms with van der Waals surface area (Å²) in [5, 5.41) is 0. The fraction of sp³-hybridized carbons (Fsp3) is 0.625. The van der Waals surface area contributed by atoms with E-state index in [1.165, 1.54) is 11.1 Å². The summed E-state index contributed by atoms with van der Waals surface area (Å²) in [6.07, 6.45) is 1.12. The third kappa shape index (κ3) is 3.11. The maximum Gasteiger partial charge on any atom is 0.241 e. The summed E-state index contributed by atoms with van der Waals surface area (Å²) in [6.45, 7) is 3.38. The van der Waals surface area contributed by atoms with E-state index in [2.05, 4.69) is 23.1 Å². The lowest BCUT2D eigenvalue weighted by atomic mass is 9.97. The van der Waals surface area contributed by atoms with Gasteiger partial charge in [-0.15, -0.1) is 0 Å². The summed E-state index contributed by atoms with van der Waals surface area (Å²) in [4.78, 5) is 2.31. The first-order chi connectivity index (χ1) is 9.72. The Bertz CT molecular complexity index is 456. The first-order valence-electron chi connectivity index (χ1n) is 7.47. The monoisotopic (exact) mass is 281 g/mol. The normalized spacial score (nSPS) is 20.1. The molecule has 20 heavy (non-hydrogen) atoms. The number of ether oxygens (including phenoxy) is 1. The van der Waals surface area contributed by atoms with E-state index < -0.39 is 6.43 Å². The predicted molar refractivity (Wildman–Crippen MR) is 74.5 cm³/mol. The van der Waals surface area contributed by atoms with Crippen LogP contribution in [0.2, 0.25) is 0 Å². The van der Waals surface area contributed by atoms with Crippen molar-refractivity contribution in [3.05, 3.63) is 29.3 Å². The number of hydrogen-bond donors (Lipinski definition) is 0. The minimum atomic E-state index is -2.14. The van der Waals surface area contributed by atoms with Gasteiger partial charge in [-0.1, -0.05) is 12.1 Å². The Morgan fingerprint density at radius 2 is 2.05 bits per heavy atom. The van der Waals surface area contributed by atoms with Crippen molar-refractivity contribution in [3.8, 4) is 5.75 Å². The molecule has 0 unspecified atom stereocenters. The van der Waals surface area contributed by atoms with Crippen molar-refractivity contribution in [1.29, 1.82) is 0 Å². The fourth-order valence-electron chi connectivity index (χ4n) is 3.11. The minimum Gasteiger partial charge on any atom is -0.493 e. The molecule has 0 amide bonds. The molecule has 2 aliphatic rings. The van der Waals surface area contributed by atoms with Gasteiger partial charge in [0, 0.05) is 18.9 Å². The molecule has 0 spiro atoms. The molecule has 0 atom stereocenters. The molecule has 0 radical (unpaired) electrons. The van der Waals surface area contributed by atoms with Crippen LogP contribution in [0.3, 0.4) is 0 Å². The number of hydrogen-bond acceptors (Lipinski definition) is 2. The zero-order valence-corrected chi connectivity index (χ0v) is 11.7. The van der Waals surface area contributed by atoms with Gasteiger partial charge in [0.2, 0.25) is 6.43 Å². The van der Waals surface area contributed by atoms with Crippen LogP contribution in [0.4, 0.5) is 8.78 Å². The van der Waals surface area contributed by atoms with Crippen LogP contribution >= 0.6 is 0 Å². The molecule has 1 aromatic carbocycles. The largest absolute Gasteiger partial charge is 0.493 e. The number of halogens is 2. The Hall–Kier alpha value is -1.16. The minimum absolute atomic E-state index is 0.386. The highest BCUT2D eigenvalue weighted by molar-refractivity contribution is 5.39. The van der Waals surface area contributed by atoms with Gasteiger partial charge in [-0.05, 0) is 49.5 Å². The zero-order valence-electron chi connectivity index (χ0n) is 11.7. The molecule has 0 N–H and O–H groups in total. The molecule has 0 bridgehead atoms. The lowest BCUT2D eigenvalue weighted by Gasteiger charge is -2.31. The summed E-state index contributed by atoms with van der Waals surface area (Å²) < 4.78 is 30.7. The van der Waals surface area contributed by atoms with E-state index in [0.717, 1.165) is 44.8 Å². The Kier molecular flexibility index (Phi) is 4.20. The van der Waals surface area contributed by atoms with Crippen LogP contribution in [0.15, 0.2) is 18.2 Å². The third-order valence-corrected chi connectivity index (χ3v) is 4.46. The van der Waals surface area contributed by atoms with Crippen LogP contribution in [0, 0.1) is 5.92 Å². The molecule has 3 rings (SSSR count). The van der Waals surface area contributed by atoms with Crippen LogP contribution in [0.1, 0.15) is 24.0 Å². The molecule has 2 nitrogen and oxygen atoms in total. The van der Waals surface area contributed by atoms with E-state index in [-0.39, 0.29) is 5.92 Å². The second-order valence-electron chi connectivity index (χ2n) is 5.80. The topological polar surface area (TPSA) is 12.5 Å². The molecule has 0 aromatic heterocycles. The first kappa shape index (κ1) is 13.8. The van der Waals surface area contributed by atoms with E-state index in [1.54, 1.807) is 0 Å². The molecule has 0 aliphatic carbocycles. The van der Waals surface area contributed by atoms with Gasteiger partial charge in [0.15, 0.2) is 0 Å². The van der Waals surface area contributed by atoms with Crippen molar-refractivity contribution in [2.45, 2.75) is 32.1 Å². The van der Waals surface area contributed by atoms with Crippen LogP contribution < -0.4 is 4.74 Å². The Morgan fingerprint density at radius 3 is 2.80 bits per heavy atom. The highest BCUT2D eigenvalue weighted by atomic mass is 19.3. The van der Waals surface area contributed by atoms with Gasteiger partial charge in [0.25, 0.3) is 0 Å². The zero-order chi connectivity index (χ0) is 13.9. The van der Waals surface area contributed by atoms with Gasteiger partial charge >= 0.3 is 0 Å². The lowest BCUT2D eigenvalue weighted by Crippen LogP contribution is -2.37. The molecule has 1 saturated heterocycles. The molecule has 1 fully saturated rings. The standard InChI is InChI=1S/C16H21F2NO/c17-16(18)13-4-8-19(9-5-13)7-3-12-1-2-15-14(11-12)6-10-20-15/h1-2,11,13,16H,3-10H2. The van der Waals surface area contributed by atoms with E-state index >= 15 is 0 Å². The summed E-state index contributed by atoms with van der Waals surface area (Å²) >= 11 is 0. The second-order valence-corrected chi connectivity index (χ2v) is 5.80. The maximum atomic E-state index is 12.6. The van der Waals surface area contributed by atoms with Gasteiger partial charge in [-0.3, -0.25) is 0 Å². The van der Waals surface area contributed by atoms with Gasteiger partial charge in [0.05, 0.1) is 6.61 Å². The number of benzene rings is 1. The van der Waals surface area contributed by atoms with Crippen LogP contribution in [0.25, 0.3) is 0 Å². The molecule has 1 aromatic rings. The summed E-state index contributed by atoms with van der Waals surface area (Å²) in [6, 6.07) is 6.41. The van der Waals surface area contributed by atoms with Crippen LogP contribution in [-0.2, 0) is 12.8 Å². The van der Waals surface area contributed by atoms with Crippen molar-refractivity contribution < 1.29 is 13.5 Å². The number of piperidine rings is 1. The molecule has 2 heterocycles. The van der Waals surface area contributed by atoms with Crippen LogP contribution in [0.5, 0.6) is 5.75 Å². The lowest BCUT2D eigenvalue weighted by molar-refractivity contribution is 0.0355. The third-order valence-electron chi connectivity index (χ3n) is 4.46. The van der Waals surface area contributed by atoms with Crippen LogP contribution in [-0.4, -0.2) is 37.6 Å².